The van der Waals surface area contributed by atoms with Gasteiger partial charge in [0.25, 0.3) is 0 Å². The van der Waals surface area contributed by atoms with Crippen molar-refractivity contribution in [1.82, 2.24) is 5.32 Å². The molecule has 3 atom stereocenters. The molecule has 0 fully saturated rings. The third-order valence-corrected chi connectivity index (χ3v) is 15.6. The molecule has 3 unspecified atom stereocenters. The van der Waals surface area contributed by atoms with Crippen molar-refractivity contribution in [2.24, 2.45) is 0 Å². The molecule has 0 aromatic rings. The Morgan fingerprint density at radius 3 is 1.07 bits per heavy atom. The number of unbranched alkanes of at least 4 members (excludes halogenated alkanes) is 44. The van der Waals surface area contributed by atoms with Gasteiger partial charge in [-0.15, -0.1) is 0 Å². The van der Waals surface area contributed by atoms with Crippen LogP contribution >= 0.6 is 7.82 Å². The highest BCUT2D eigenvalue weighted by molar-refractivity contribution is 7.47. The first-order valence-corrected chi connectivity index (χ1v) is 33.2. The van der Waals surface area contributed by atoms with E-state index in [0.717, 1.165) is 32.1 Å². The summed E-state index contributed by atoms with van der Waals surface area (Å²) in [6.45, 7) is 4.86. The molecule has 8 nitrogen and oxygen atoms in total. The topological polar surface area (TPSA) is 105 Å². The van der Waals surface area contributed by atoms with Gasteiger partial charge in [0.2, 0.25) is 5.91 Å². The molecule has 0 aliphatic rings. The van der Waals surface area contributed by atoms with Gasteiger partial charge in [-0.05, 0) is 44.9 Å². The highest BCUT2D eigenvalue weighted by Gasteiger charge is 2.28. The lowest BCUT2D eigenvalue weighted by Crippen LogP contribution is -2.45. The van der Waals surface area contributed by atoms with Crippen LogP contribution in [-0.4, -0.2) is 73.4 Å². The maximum Gasteiger partial charge on any atom is 0.472 e. The second kappa shape index (κ2) is 54.8. The van der Waals surface area contributed by atoms with Gasteiger partial charge in [-0.2, -0.15) is 0 Å². The molecule has 72 heavy (non-hydrogen) atoms. The maximum absolute atomic E-state index is 13.0. The average Bonchev–Trinajstić information content (AvgIpc) is 3.34. The summed E-state index contributed by atoms with van der Waals surface area (Å²) in [4.78, 5) is 23.3. The van der Waals surface area contributed by atoms with Crippen molar-refractivity contribution in [3.8, 4) is 0 Å². The molecular formula is C63H126N2O6P+. The van der Waals surface area contributed by atoms with Gasteiger partial charge < -0.3 is 19.8 Å². The predicted octanol–water partition coefficient (Wildman–Crippen LogP) is 19.5. The first-order chi connectivity index (χ1) is 35.0. The Hall–Kier alpha value is -1.02. The Kier molecular flexibility index (Phi) is 54.0. The van der Waals surface area contributed by atoms with E-state index in [1.807, 2.05) is 27.2 Å². The van der Waals surface area contributed by atoms with Gasteiger partial charge in [0.15, 0.2) is 0 Å². The Bertz CT molecular complexity index is 1220. The number of likely N-dealkylation sites (N-methyl/N-ethyl adjacent to an activating group) is 1. The first kappa shape index (κ1) is 71.0. The summed E-state index contributed by atoms with van der Waals surface area (Å²) in [6.07, 6.45) is 70.2. The van der Waals surface area contributed by atoms with Crippen molar-refractivity contribution in [1.29, 1.82) is 0 Å². The van der Waals surface area contributed by atoms with Crippen molar-refractivity contribution >= 4 is 13.7 Å². The minimum Gasteiger partial charge on any atom is -0.387 e. The maximum atomic E-state index is 13.0. The van der Waals surface area contributed by atoms with E-state index in [1.54, 1.807) is 6.08 Å². The highest BCUT2D eigenvalue weighted by atomic mass is 31.2. The van der Waals surface area contributed by atoms with Gasteiger partial charge in [-0.25, -0.2) is 4.57 Å². The minimum absolute atomic E-state index is 0.0643. The van der Waals surface area contributed by atoms with E-state index in [9.17, 15) is 19.4 Å². The molecule has 0 aromatic heterocycles. The quantitative estimate of drug-likeness (QED) is 0.0243. The Morgan fingerprint density at radius 2 is 0.750 bits per heavy atom. The number of amides is 1. The molecule has 0 saturated carbocycles. The molecule has 0 rings (SSSR count). The lowest BCUT2D eigenvalue weighted by atomic mass is 10.0. The molecule has 0 heterocycles. The zero-order valence-corrected chi connectivity index (χ0v) is 49.8. The van der Waals surface area contributed by atoms with E-state index in [0.29, 0.717) is 17.4 Å². The summed E-state index contributed by atoms with van der Waals surface area (Å²) < 4.78 is 23.7. The van der Waals surface area contributed by atoms with Crippen LogP contribution in [0.5, 0.6) is 0 Å². The molecule has 0 radical (unpaired) electrons. The molecule has 0 aliphatic carbocycles. The van der Waals surface area contributed by atoms with Gasteiger partial charge in [0.05, 0.1) is 39.9 Å². The fourth-order valence-electron chi connectivity index (χ4n) is 9.69. The molecular weight excluding hydrogens is 912 g/mol. The number of phosphoric ester groups is 1. The molecule has 3 N–H and O–H groups in total. The largest absolute Gasteiger partial charge is 0.472 e. The van der Waals surface area contributed by atoms with Crippen LogP contribution in [0.1, 0.15) is 322 Å². The van der Waals surface area contributed by atoms with E-state index in [-0.39, 0.29) is 19.1 Å². The summed E-state index contributed by atoms with van der Waals surface area (Å²) in [7, 11) is 1.59. The van der Waals surface area contributed by atoms with E-state index in [1.165, 1.54) is 270 Å². The van der Waals surface area contributed by atoms with Crippen LogP contribution in [0.2, 0.25) is 0 Å². The van der Waals surface area contributed by atoms with Gasteiger partial charge >= 0.3 is 7.82 Å². The van der Waals surface area contributed by atoms with Gasteiger partial charge in [0, 0.05) is 6.42 Å². The molecule has 9 heteroatoms. The van der Waals surface area contributed by atoms with Crippen molar-refractivity contribution in [3.05, 3.63) is 24.3 Å². The second-order valence-electron chi connectivity index (χ2n) is 23.1. The monoisotopic (exact) mass is 1040 g/mol. The molecule has 1 amide bonds. The zero-order chi connectivity index (χ0) is 52.7. The second-order valence-corrected chi connectivity index (χ2v) is 24.6. The molecule has 0 bridgehead atoms. The number of hydrogen-bond donors (Lipinski definition) is 3. The number of aliphatic hydroxyl groups excluding tert-OH is 1. The number of phosphoric acid groups is 1. The number of nitrogens with one attached hydrogen (secondary N) is 1. The van der Waals surface area contributed by atoms with Gasteiger partial charge in [0.1, 0.15) is 13.2 Å². The van der Waals surface area contributed by atoms with Crippen LogP contribution in [0.3, 0.4) is 0 Å². The molecule has 0 spiro atoms. The van der Waals surface area contributed by atoms with Crippen LogP contribution in [0.4, 0.5) is 0 Å². The van der Waals surface area contributed by atoms with E-state index in [2.05, 4.69) is 31.3 Å². The number of carbonyl (C=O) groups excluding carboxylic acids is 1. The van der Waals surface area contributed by atoms with Crippen LogP contribution < -0.4 is 5.32 Å². The van der Waals surface area contributed by atoms with Crippen LogP contribution in [0.25, 0.3) is 0 Å². The van der Waals surface area contributed by atoms with Crippen molar-refractivity contribution in [2.45, 2.75) is 334 Å². The van der Waals surface area contributed by atoms with Crippen molar-refractivity contribution < 1.29 is 32.9 Å². The number of carbonyl (C=O) groups is 1. The van der Waals surface area contributed by atoms with Crippen molar-refractivity contribution in [3.63, 3.8) is 0 Å². The lowest BCUT2D eigenvalue weighted by molar-refractivity contribution is -0.870. The average molecular weight is 1040 g/mol. The van der Waals surface area contributed by atoms with Crippen LogP contribution in [-0.2, 0) is 18.4 Å². The fraction of sp³-hybridized carbons (Fsp3) is 0.921. The minimum atomic E-state index is -4.34. The highest BCUT2D eigenvalue weighted by Crippen LogP contribution is 2.43. The Labute approximate surface area is 449 Å². The van der Waals surface area contributed by atoms with Gasteiger partial charge in [-0.3, -0.25) is 13.8 Å². The number of rotatable bonds is 59. The first-order valence-electron chi connectivity index (χ1n) is 31.7. The normalized spacial score (nSPS) is 13.9. The summed E-state index contributed by atoms with van der Waals surface area (Å²) in [5.41, 5.74) is 0. The standard InChI is InChI=1S/C63H125N2O6P/c1-6-8-10-12-14-16-18-20-22-24-25-26-27-28-29-30-31-32-33-34-35-36-37-38-39-41-43-45-47-49-51-53-55-57-63(67)64-61(60-71-72(68,69)70-59-58-65(3,4)5)62(66)56-54-52-50-48-46-44-42-40-23-21-19-17-15-13-11-9-7-2/h24-25,54,56,61-62,66H,6-23,26-53,55,57-60H2,1-5H3,(H-,64,67,68,69)/p+1/b25-24-,56-54+. The number of hydrogen-bond acceptors (Lipinski definition) is 5. The zero-order valence-electron chi connectivity index (χ0n) is 48.9. The van der Waals surface area contributed by atoms with Gasteiger partial charge in [-0.1, -0.05) is 295 Å². The molecule has 0 aliphatic heterocycles. The van der Waals surface area contributed by atoms with E-state index >= 15 is 0 Å². The SMILES string of the molecule is CCCCCCCCCC/C=C\CCCCCCCCCCCCCCCCCCCCCCCC(=O)NC(COP(=O)(O)OCC[N+](C)(C)C)C(O)/C=C/CCCCCCCCCCCCCCCCC. The van der Waals surface area contributed by atoms with Crippen LogP contribution in [0.15, 0.2) is 24.3 Å². The third kappa shape index (κ3) is 56.7. The smallest absolute Gasteiger partial charge is 0.387 e. The summed E-state index contributed by atoms with van der Waals surface area (Å²) in [6, 6.07) is -0.843. The molecule has 428 valence electrons. The third-order valence-electron chi connectivity index (χ3n) is 14.7. The number of allylic oxidation sites excluding steroid dienone is 3. The number of quaternary nitrogens is 1. The molecule has 0 saturated heterocycles. The summed E-state index contributed by atoms with van der Waals surface area (Å²) in [5.74, 6) is -0.170. The molecule has 0 aromatic carbocycles. The lowest BCUT2D eigenvalue weighted by Gasteiger charge is -2.25. The van der Waals surface area contributed by atoms with E-state index < -0.39 is 20.0 Å². The van der Waals surface area contributed by atoms with E-state index in [4.69, 9.17) is 9.05 Å². The Morgan fingerprint density at radius 1 is 0.458 bits per heavy atom. The number of nitrogens with zero attached hydrogens (tertiary/aromatic N) is 1. The number of aliphatic hydroxyl groups is 1. The fourth-order valence-corrected chi connectivity index (χ4v) is 10.4. The van der Waals surface area contributed by atoms with Crippen LogP contribution in [0, 0.1) is 0 Å². The predicted molar refractivity (Wildman–Crippen MR) is 314 cm³/mol. The van der Waals surface area contributed by atoms with Crippen molar-refractivity contribution in [2.75, 3.05) is 40.9 Å². The Balaban J connectivity index is 4.00. The summed E-state index contributed by atoms with van der Waals surface area (Å²) >= 11 is 0. The summed E-state index contributed by atoms with van der Waals surface area (Å²) in [5, 5.41) is 14.0.